The van der Waals surface area contributed by atoms with E-state index >= 15 is 0 Å². The largest absolute Gasteiger partial charge is 0.333 e. The first-order valence-electron chi connectivity index (χ1n) is 2.76. The third-order valence-electron chi connectivity index (χ3n) is 1.22. The summed E-state index contributed by atoms with van der Waals surface area (Å²) < 4.78 is 23.5. The van der Waals surface area contributed by atoms with E-state index < -0.39 is 13.5 Å². The maximum Gasteiger partial charge on any atom is 0.162 e. The van der Waals surface area contributed by atoms with Crippen molar-refractivity contribution in [2.75, 3.05) is 20.0 Å². The summed E-state index contributed by atoms with van der Waals surface area (Å²) in [7, 11) is 0. The molecule has 1 atom stereocenters. The van der Waals surface area contributed by atoms with E-state index in [1.807, 2.05) is 0 Å². The van der Waals surface area contributed by atoms with Gasteiger partial charge in [-0.05, 0) is 0 Å². The third kappa shape index (κ3) is 1.37. The van der Waals surface area contributed by atoms with Crippen LogP contribution in [0.25, 0.3) is 0 Å². The monoisotopic (exact) mass is 134 g/mol. The molecule has 2 nitrogen and oxygen atoms in total. The molecule has 0 radical (unpaired) electrons. The summed E-state index contributed by atoms with van der Waals surface area (Å²) in [6.07, 6.45) is 1.35. The van der Waals surface area contributed by atoms with Gasteiger partial charge in [-0.1, -0.05) is 0 Å². The summed E-state index contributed by atoms with van der Waals surface area (Å²) in [5.74, 6) is 0. The van der Waals surface area contributed by atoms with Crippen LogP contribution in [0.1, 0.15) is 0 Å². The molecule has 0 N–H and O–H groups in total. The standard InChI is InChI=1S/C5H8F2N2/c6-1-5-2-9(3-7)4-8-5/h4-5H,1-3H2. The summed E-state index contributed by atoms with van der Waals surface area (Å²) in [6, 6.07) is -0.333. The van der Waals surface area contributed by atoms with E-state index in [4.69, 9.17) is 0 Å². The molecule has 1 heterocycles. The Morgan fingerprint density at radius 2 is 2.44 bits per heavy atom. The molecule has 0 saturated carbocycles. The number of alkyl halides is 2. The minimum Gasteiger partial charge on any atom is -0.333 e. The summed E-state index contributed by atoms with van der Waals surface area (Å²) in [5, 5.41) is 0. The molecule has 1 aliphatic rings. The average molecular weight is 134 g/mol. The molecule has 0 aromatic heterocycles. The van der Waals surface area contributed by atoms with Crippen LogP contribution >= 0.6 is 0 Å². The predicted molar refractivity (Wildman–Crippen MR) is 30.9 cm³/mol. The lowest BCUT2D eigenvalue weighted by Gasteiger charge is -2.07. The second-order valence-electron chi connectivity index (χ2n) is 1.96. The average Bonchev–Trinajstić information content (AvgIpc) is 2.34. The lowest BCUT2D eigenvalue weighted by molar-refractivity contribution is 0.281. The first kappa shape index (κ1) is 6.45. The van der Waals surface area contributed by atoms with Gasteiger partial charge in [-0.2, -0.15) is 0 Å². The molecule has 0 aromatic carbocycles. The van der Waals surface area contributed by atoms with E-state index in [-0.39, 0.29) is 6.04 Å². The summed E-state index contributed by atoms with van der Waals surface area (Å²) >= 11 is 0. The van der Waals surface area contributed by atoms with Crippen LogP contribution in [0, 0.1) is 0 Å². The molecule has 0 bridgehead atoms. The van der Waals surface area contributed by atoms with E-state index in [1.54, 1.807) is 0 Å². The molecule has 1 aliphatic heterocycles. The lowest BCUT2D eigenvalue weighted by Crippen LogP contribution is -2.23. The van der Waals surface area contributed by atoms with Crippen molar-refractivity contribution in [2.45, 2.75) is 6.04 Å². The van der Waals surface area contributed by atoms with Gasteiger partial charge < -0.3 is 4.90 Å². The Morgan fingerprint density at radius 1 is 1.67 bits per heavy atom. The van der Waals surface area contributed by atoms with Gasteiger partial charge in [-0.15, -0.1) is 0 Å². The van der Waals surface area contributed by atoms with Crippen LogP contribution < -0.4 is 0 Å². The molecule has 0 saturated heterocycles. The molecule has 1 rings (SSSR count). The van der Waals surface area contributed by atoms with E-state index in [2.05, 4.69) is 4.99 Å². The molecular weight excluding hydrogens is 126 g/mol. The fourth-order valence-electron chi connectivity index (χ4n) is 0.722. The molecule has 1 unspecified atom stereocenters. The van der Waals surface area contributed by atoms with Gasteiger partial charge >= 0.3 is 0 Å². The number of hydrogen-bond donors (Lipinski definition) is 0. The Hall–Kier alpha value is -0.670. The number of rotatable bonds is 2. The van der Waals surface area contributed by atoms with E-state index in [0.717, 1.165) is 0 Å². The number of aliphatic imine (C=N–C) groups is 1. The second-order valence-corrected chi connectivity index (χ2v) is 1.96. The van der Waals surface area contributed by atoms with Gasteiger partial charge in [0.25, 0.3) is 0 Å². The molecule has 52 valence electrons. The van der Waals surface area contributed by atoms with E-state index in [1.165, 1.54) is 11.2 Å². The zero-order valence-electron chi connectivity index (χ0n) is 4.93. The summed E-state index contributed by atoms with van der Waals surface area (Å²) in [4.78, 5) is 5.03. The van der Waals surface area contributed by atoms with Crippen LogP contribution in [0.3, 0.4) is 0 Å². The van der Waals surface area contributed by atoms with Crippen molar-refractivity contribution in [3.63, 3.8) is 0 Å². The molecule has 0 aliphatic carbocycles. The van der Waals surface area contributed by atoms with Gasteiger partial charge in [-0.25, -0.2) is 8.78 Å². The molecular formula is C5H8F2N2. The highest BCUT2D eigenvalue weighted by Gasteiger charge is 2.15. The van der Waals surface area contributed by atoms with Crippen molar-refractivity contribution < 1.29 is 8.78 Å². The topological polar surface area (TPSA) is 15.6 Å². The Bertz CT molecular complexity index is 104. The van der Waals surface area contributed by atoms with Gasteiger partial charge in [0.05, 0.1) is 12.4 Å². The van der Waals surface area contributed by atoms with Crippen molar-refractivity contribution in [1.29, 1.82) is 0 Å². The number of halogens is 2. The zero-order chi connectivity index (χ0) is 6.69. The third-order valence-corrected chi connectivity index (χ3v) is 1.22. The van der Waals surface area contributed by atoms with Gasteiger partial charge in [0.15, 0.2) is 6.80 Å². The highest BCUT2D eigenvalue weighted by Crippen LogP contribution is 2.02. The minimum absolute atomic E-state index is 0.333. The molecule has 0 aromatic rings. The van der Waals surface area contributed by atoms with Crippen LogP contribution in [-0.2, 0) is 0 Å². The van der Waals surface area contributed by atoms with Gasteiger partial charge in [-0.3, -0.25) is 4.99 Å². The van der Waals surface area contributed by atoms with Crippen LogP contribution in [0.15, 0.2) is 4.99 Å². The van der Waals surface area contributed by atoms with E-state index in [9.17, 15) is 8.78 Å². The molecule has 0 amide bonds. The van der Waals surface area contributed by atoms with Gasteiger partial charge in [0, 0.05) is 6.54 Å². The summed E-state index contributed by atoms with van der Waals surface area (Å²) in [6.45, 7) is -0.681. The normalized spacial score (nSPS) is 25.6. The quantitative estimate of drug-likeness (QED) is 0.505. The molecule has 0 spiro atoms. The molecule has 9 heavy (non-hydrogen) atoms. The van der Waals surface area contributed by atoms with Crippen molar-refractivity contribution in [1.82, 2.24) is 4.90 Å². The van der Waals surface area contributed by atoms with Crippen LogP contribution in [0.4, 0.5) is 8.78 Å². The molecule has 4 heteroatoms. The number of nitrogens with zero attached hydrogens (tertiary/aromatic N) is 2. The molecule has 0 fully saturated rings. The first-order valence-corrected chi connectivity index (χ1v) is 2.76. The lowest BCUT2D eigenvalue weighted by atomic mass is 10.3. The van der Waals surface area contributed by atoms with Crippen LogP contribution in [-0.4, -0.2) is 37.3 Å². The van der Waals surface area contributed by atoms with Crippen molar-refractivity contribution >= 4 is 6.34 Å². The smallest absolute Gasteiger partial charge is 0.162 e. The van der Waals surface area contributed by atoms with Crippen molar-refractivity contribution in [2.24, 2.45) is 4.99 Å². The predicted octanol–water partition coefficient (Wildman–Crippen LogP) is 0.595. The fraction of sp³-hybridized carbons (Fsp3) is 0.800. The van der Waals surface area contributed by atoms with Gasteiger partial charge in [0.1, 0.15) is 6.67 Å². The summed E-state index contributed by atoms with van der Waals surface area (Å²) in [5.41, 5.74) is 0. The highest BCUT2D eigenvalue weighted by atomic mass is 19.1. The number of hydrogen-bond acceptors (Lipinski definition) is 2. The Balaban J connectivity index is 2.31. The Kier molecular flexibility index (Phi) is 1.97. The Labute approximate surface area is 52.2 Å². The first-order chi connectivity index (χ1) is 4.36. The maximum absolute atomic E-state index is 11.7. The van der Waals surface area contributed by atoms with Crippen molar-refractivity contribution in [3.8, 4) is 0 Å². The van der Waals surface area contributed by atoms with Crippen LogP contribution in [0.5, 0.6) is 0 Å². The van der Waals surface area contributed by atoms with Crippen molar-refractivity contribution in [3.05, 3.63) is 0 Å². The Morgan fingerprint density at radius 3 is 2.78 bits per heavy atom. The highest BCUT2D eigenvalue weighted by molar-refractivity contribution is 5.57. The maximum atomic E-state index is 11.7. The van der Waals surface area contributed by atoms with E-state index in [0.29, 0.717) is 6.54 Å². The van der Waals surface area contributed by atoms with Gasteiger partial charge in [0.2, 0.25) is 0 Å². The second kappa shape index (κ2) is 2.75. The zero-order valence-corrected chi connectivity index (χ0v) is 4.93. The van der Waals surface area contributed by atoms with Crippen LogP contribution in [0.2, 0.25) is 0 Å². The fourth-order valence-corrected chi connectivity index (χ4v) is 0.722. The minimum atomic E-state index is -0.569. The SMILES string of the molecule is FCC1CN(CF)C=N1.